The van der Waals surface area contributed by atoms with Crippen molar-refractivity contribution in [3.63, 3.8) is 0 Å². The van der Waals surface area contributed by atoms with Crippen LogP contribution in [0.3, 0.4) is 0 Å². The fourth-order valence-corrected chi connectivity index (χ4v) is 3.78. The van der Waals surface area contributed by atoms with E-state index >= 15 is 0 Å². The lowest BCUT2D eigenvalue weighted by Gasteiger charge is -2.07. The summed E-state index contributed by atoms with van der Waals surface area (Å²) >= 11 is 3.35. The molecule has 0 unspecified atom stereocenters. The highest BCUT2D eigenvalue weighted by Crippen LogP contribution is 2.24. The molecule has 0 radical (unpaired) electrons. The molecule has 0 amide bonds. The molecule has 4 nitrogen and oxygen atoms in total. The molecule has 0 N–H and O–H groups in total. The molecule has 1 aromatic carbocycles. The van der Waals surface area contributed by atoms with Gasteiger partial charge in [-0.3, -0.25) is 0 Å². The van der Waals surface area contributed by atoms with Crippen LogP contribution < -0.4 is 0 Å². The lowest BCUT2D eigenvalue weighted by Crippen LogP contribution is -2.16. The van der Waals surface area contributed by atoms with Crippen LogP contribution in [0.25, 0.3) is 0 Å². The van der Waals surface area contributed by atoms with E-state index in [1.807, 2.05) is 12.1 Å². The van der Waals surface area contributed by atoms with E-state index < -0.39 is 10.0 Å². The van der Waals surface area contributed by atoms with Gasteiger partial charge < -0.3 is 0 Å². The number of rotatable bonds is 4. The molecule has 0 fully saturated rings. The SMILES string of the molecule is CCCc1ccc(S(=O)(=O)n2nc(C)c(Br)c2C)cc1. The molecule has 6 heteroatoms. The van der Waals surface area contributed by atoms with Gasteiger partial charge in [-0.05, 0) is 53.9 Å². The highest BCUT2D eigenvalue weighted by atomic mass is 79.9. The van der Waals surface area contributed by atoms with Gasteiger partial charge in [0.15, 0.2) is 0 Å². The van der Waals surface area contributed by atoms with Gasteiger partial charge in [0.25, 0.3) is 10.0 Å². The van der Waals surface area contributed by atoms with Crippen LogP contribution in [-0.4, -0.2) is 17.6 Å². The fourth-order valence-electron chi connectivity index (χ4n) is 2.05. The smallest absolute Gasteiger partial charge is 0.199 e. The van der Waals surface area contributed by atoms with Crippen LogP contribution in [0.5, 0.6) is 0 Å². The van der Waals surface area contributed by atoms with E-state index in [1.54, 1.807) is 26.0 Å². The second kappa shape index (κ2) is 5.69. The fraction of sp³-hybridized carbons (Fsp3) is 0.357. The number of halogens is 1. The van der Waals surface area contributed by atoms with Crippen molar-refractivity contribution in [2.45, 2.75) is 38.5 Å². The van der Waals surface area contributed by atoms with E-state index in [0.717, 1.165) is 27.0 Å². The van der Waals surface area contributed by atoms with Crippen molar-refractivity contribution >= 4 is 26.0 Å². The lowest BCUT2D eigenvalue weighted by molar-refractivity contribution is 0.577. The van der Waals surface area contributed by atoms with Gasteiger partial charge in [0, 0.05) is 0 Å². The average molecular weight is 357 g/mol. The van der Waals surface area contributed by atoms with E-state index in [2.05, 4.69) is 28.0 Å². The number of hydrogen-bond acceptors (Lipinski definition) is 3. The Kier molecular flexibility index (Phi) is 4.34. The van der Waals surface area contributed by atoms with Crippen molar-refractivity contribution in [2.24, 2.45) is 0 Å². The van der Waals surface area contributed by atoms with Crippen LogP contribution in [0.4, 0.5) is 0 Å². The van der Waals surface area contributed by atoms with Crippen molar-refractivity contribution in [1.82, 2.24) is 9.19 Å². The van der Waals surface area contributed by atoms with Crippen molar-refractivity contribution < 1.29 is 8.42 Å². The first kappa shape index (κ1) is 15.3. The first-order chi connectivity index (χ1) is 9.37. The molecule has 108 valence electrons. The maximum Gasteiger partial charge on any atom is 0.283 e. The van der Waals surface area contributed by atoms with E-state index in [-0.39, 0.29) is 4.90 Å². The number of aromatic nitrogens is 2. The van der Waals surface area contributed by atoms with Crippen molar-refractivity contribution in [1.29, 1.82) is 0 Å². The first-order valence-electron chi connectivity index (χ1n) is 6.44. The van der Waals surface area contributed by atoms with Crippen LogP contribution in [0.2, 0.25) is 0 Å². The lowest BCUT2D eigenvalue weighted by atomic mass is 10.1. The second-order valence-corrected chi connectivity index (χ2v) is 7.29. The van der Waals surface area contributed by atoms with Gasteiger partial charge in [0.1, 0.15) is 0 Å². The van der Waals surface area contributed by atoms with Crippen molar-refractivity contribution in [3.8, 4) is 0 Å². The Hall–Kier alpha value is -1.14. The van der Waals surface area contributed by atoms with Crippen LogP contribution >= 0.6 is 15.9 Å². The molecule has 0 atom stereocenters. The van der Waals surface area contributed by atoms with Crippen LogP contribution in [0.1, 0.15) is 30.3 Å². The third kappa shape index (κ3) is 2.67. The molecule has 2 rings (SSSR count). The summed E-state index contributed by atoms with van der Waals surface area (Å²) in [4.78, 5) is 0.260. The Labute approximate surface area is 128 Å². The minimum absolute atomic E-state index is 0.260. The summed E-state index contributed by atoms with van der Waals surface area (Å²) in [6, 6.07) is 7.00. The summed E-state index contributed by atoms with van der Waals surface area (Å²) in [7, 11) is -3.63. The highest BCUT2D eigenvalue weighted by Gasteiger charge is 2.22. The second-order valence-electron chi connectivity index (χ2n) is 4.73. The Morgan fingerprint density at radius 2 is 1.80 bits per heavy atom. The van der Waals surface area contributed by atoms with Crippen LogP contribution in [0, 0.1) is 13.8 Å². The summed E-state index contributed by atoms with van der Waals surface area (Å²) < 4.78 is 26.9. The van der Waals surface area contributed by atoms with Crippen molar-refractivity contribution in [2.75, 3.05) is 0 Å². The number of aryl methyl sites for hydroxylation is 2. The molecule has 0 aliphatic heterocycles. The van der Waals surface area contributed by atoms with E-state index in [4.69, 9.17) is 0 Å². The molecule has 20 heavy (non-hydrogen) atoms. The zero-order valence-electron chi connectivity index (χ0n) is 11.7. The van der Waals surface area contributed by atoms with E-state index in [1.165, 1.54) is 0 Å². The summed E-state index contributed by atoms with van der Waals surface area (Å²) in [5.41, 5.74) is 2.38. The van der Waals surface area contributed by atoms with E-state index in [0.29, 0.717) is 11.4 Å². The molecule has 0 bridgehead atoms. The molecule has 0 spiro atoms. The first-order valence-corrected chi connectivity index (χ1v) is 8.67. The molecule has 0 aliphatic carbocycles. The molecule has 2 aromatic rings. The largest absolute Gasteiger partial charge is 0.283 e. The van der Waals surface area contributed by atoms with Gasteiger partial charge in [-0.1, -0.05) is 25.5 Å². The Morgan fingerprint density at radius 3 is 2.25 bits per heavy atom. The van der Waals surface area contributed by atoms with Gasteiger partial charge in [0.2, 0.25) is 0 Å². The summed E-state index contributed by atoms with van der Waals surface area (Å²) in [5, 5.41) is 4.10. The van der Waals surface area contributed by atoms with E-state index in [9.17, 15) is 8.42 Å². The molecular weight excluding hydrogens is 340 g/mol. The third-order valence-corrected chi connectivity index (χ3v) is 5.98. The topological polar surface area (TPSA) is 52.0 Å². The number of benzene rings is 1. The zero-order valence-corrected chi connectivity index (χ0v) is 14.1. The maximum absolute atomic E-state index is 12.6. The molecule has 1 aromatic heterocycles. The molecule has 0 aliphatic rings. The third-order valence-electron chi connectivity index (χ3n) is 3.15. The standard InChI is InChI=1S/C14H17BrN2O2S/c1-4-5-12-6-8-13(9-7-12)20(18,19)17-11(3)14(15)10(2)16-17/h6-9H,4-5H2,1-3H3. The van der Waals surface area contributed by atoms with Gasteiger partial charge in [-0.2, -0.15) is 17.6 Å². The zero-order chi connectivity index (χ0) is 14.9. The quantitative estimate of drug-likeness (QED) is 0.842. The average Bonchev–Trinajstić information content (AvgIpc) is 2.68. The molecule has 0 saturated carbocycles. The van der Waals surface area contributed by atoms with Gasteiger partial charge in [-0.25, -0.2) is 0 Å². The Morgan fingerprint density at radius 1 is 1.20 bits per heavy atom. The minimum atomic E-state index is -3.63. The molecular formula is C14H17BrN2O2S. The van der Waals surface area contributed by atoms with Crippen molar-refractivity contribution in [3.05, 3.63) is 45.7 Å². The monoisotopic (exact) mass is 356 g/mol. The minimum Gasteiger partial charge on any atom is -0.199 e. The summed E-state index contributed by atoms with van der Waals surface area (Å²) in [6.45, 7) is 5.60. The predicted molar refractivity (Wildman–Crippen MR) is 82.4 cm³/mol. The molecule has 1 heterocycles. The Bertz CT molecular complexity index is 718. The highest BCUT2D eigenvalue weighted by molar-refractivity contribution is 9.10. The number of hydrogen-bond donors (Lipinski definition) is 0. The number of nitrogens with zero attached hydrogens (tertiary/aromatic N) is 2. The van der Waals surface area contributed by atoms with Crippen LogP contribution in [-0.2, 0) is 16.4 Å². The summed E-state index contributed by atoms with van der Waals surface area (Å²) in [6.07, 6.45) is 1.99. The normalized spacial score (nSPS) is 11.8. The van der Waals surface area contributed by atoms with Gasteiger partial charge in [0.05, 0.1) is 20.8 Å². The summed E-state index contributed by atoms with van der Waals surface area (Å²) in [5.74, 6) is 0. The van der Waals surface area contributed by atoms with Gasteiger partial charge in [-0.15, -0.1) is 0 Å². The molecule has 0 saturated heterocycles. The maximum atomic E-state index is 12.6. The predicted octanol–water partition coefficient (Wildman–Crippen LogP) is 3.45. The van der Waals surface area contributed by atoms with Crippen LogP contribution in [0.15, 0.2) is 33.6 Å². The Balaban J connectivity index is 2.46. The van der Waals surface area contributed by atoms with Gasteiger partial charge >= 0.3 is 0 Å².